The van der Waals surface area contributed by atoms with Gasteiger partial charge in [-0.05, 0) is 6.07 Å². The SMILES string of the molecule is NC(=O)c1cc(Cl)cnc1C(F)F. The van der Waals surface area contributed by atoms with Crippen LogP contribution in [0, 0.1) is 0 Å². The Kier molecular flexibility index (Phi) is 2.77. The summed E-state index contributed by atoms with van der Waals surface area (Å²) in [5.41, 5.74) is 3.86. The van der Waals surface area contributed by atoms with Crippen LogP contribution in [0.4, 0.5) is 8.78 Å². The summed E-state index contributed by atoms with van der Waals surface area (Å²) in [7, 11) is 0. The maximum absolute atomic E-state index is 12.2. The minimum atomic E-state index is -2.83. The van der Waals surface area contributed by atoms with Gasteiger partial charge in [-0.2, -0.15) is 0 Å². The van der Waals surface area contributed by atoms with Gasteiger partial charge in [0.1, 0.15) is 5.69 Å². The fourth-order valence-electron chi connectivity index (χ4n) is 0.821. The van der Waals surface area contributed by atoms with Crippen molar-refractivity contribution < 1.29 is 13.6 Å². The van der Waals surface area contributed by atoms with Gasteiger partial charge in [0.05, 0.1) is 10.6 Å². The van der Waals surface area contributed by atoms with Gasteiger partial charge in [-0.3, -0.25) is 9.78 Å². The van der Waals surface area contributed by atoms with E-state index in [0.29, 0.717) is 0 Å². The van der Waals surface area contributed by atoms with Crippen LogP contribution in [0.1, 0.15) is 22.5 Å². The Morgan fingerprint density at radius 2 is 2.23 bits per heavy atom. The van der Waals surface area contributed by atoms with Gasteiger partial charge in [0.25, 0.3) is 12.3 Å². The highest BCUT2D eigenvalue weighted by atomic mass is 35.5. The minimum Gasteiger partial charge on any atom is -0.366 e. The van der Waals surface area contributed by atoms with E-state index in [1.807, 2.05) is 0 Å². The van der Waals surface area contributed by atoms with Crippen LogP contribution in [-0.2, 0) is 0 Å². The second-order valence-corrected chi connectivity index (χ2v) is 2.69. The van der Waals surface area contributed by atoms with Gasteiger partial charge in [0.2, 0.25) is 0 Å². The molecule has 1 aromatic heterocycles. The largest absolute Gasteiger partial charge is 0.366 e. The maximum atomic E-state index is 12.2. The van der Waals surface area contributed by atoms with Gasteiger partial charge in [-0.15, -0.1) is 0 Å². The number of alkyl halides is 2. The minimum absolute atomic E-state index is 0.0956. The number of rotatable bonds is 2. The van der Waals surface area contributed by atoms with Crippen LogP contribution >= 0.6 is 11.6 Å². The van der Waals surface area contributed by atoms with Crippen molar-refractivity contribution in [2.45, 2.75) is 6.43 Å². The van der Waals surface area contributed by atoms with E-state index >= 15 is 0 Å². The number of hydrogen-bond acceptors (Lipinski definition) is 2. The molecule has 0 unspecified atom stereocenters. The Bertz CT molecular complexity index is 343. The molecule has 0 atom stereocenters. The van der Waals surface area contributed by atoms with E-state index in [0.717, 1.165) is 12.3 Å². The molecule has 0 fully saturated rings. The number of amides is 1. The zero-order valence-corrected chi connectivity index (χ0v) is 7.05. The lowest BCUT2D eigenvalue weighted by Crippen LogP contribution is -2.15. The number of aromatic nitrogens is 1. The molecule has 1 amide bonds. The van der Waals surface area contributed by atoms with Crippen molar-refractivity contribution in [3.05, 3.63) is 28.5 Å². The molecule has 0 bridgehead atoms. The summed E-state index contributed by atoms with van der Waals surface area (Å²) in [6, 6.07) is 1.07. The van der Waals surface area contributed by atoms with E-state index in [4.69, 9.17) is 17.3 Å². The average Bonchev–Trinajstić information content (AvgIpc) is 2.03. The van der Waals surface area contributed by atoms with Gasteiger partial charge in [0, 0.05) is 6.20 Å². The molecule has 6 heteroatoms. The fraction of sp³-hybridized carbons (Fsp3) is 0.143. The summed E-state index contributed by atoms with van der Waals surface area (Å²) in [5.74, 6) is -0.967. The van der Waals surface area contributed by atoms with Gasteiger partial charge >= 0.3 is 0 Å². The third-order valence-electron chi connectivity index (χ3n) is 1.36. The summed E-state index contributed by atoms with van der Waals surface area (Å²) in [6.45, 7) is 0. The number of primary amides is 1. The quantitative estimate of drug-likeness (QED) is 0.802. The Balaban J connectivity index is 3.27. The number of nitrogens with zero attached hydrogens (tertiary/aromatic N) is 1. The predicted octanol–water partition coefficient (Wildman–Crippen LogP) is 1.77. The van der Waals surface area contributed by atoms with E-state index in [2.05, 4.69) is 4.98 Å². The highest BCUT2D eigenvalue weighted by molar-refractivity contribution is 6.30. The fourth-order valence-corrected chi connectivity index (χ4v) is 0.979. The molecule has 2 N–H and O–H groups in total. The zero-order valence-electron chi connectivity index (χ0n) is 6.30. The molecule has 0 radical (unpaired) electrons. The number of pyridine rings is 1. The molecular formula is C7H5ClF2N2O. The summed E-state index contributed by atoms with van der Waals surface area (Å²) in [5, 5.41) is 0.0956. The van der Waals surface area contributed by atoms with E-state index in [1.165, 1.54) is 0 Å². The predicted molar refractivity (Wildman–Crippen MR) is 42.7 cm³/mol. The van der Waals surface area contributed by atoms with Crippen LogP contribution < -0.4 is 5.73 Å². The first-order valence-electron chi connectivity index (χ1n) is 3.25. The molecule has 0 aliphatic carbocycles. The van der Waals surface area contributed by atoms with Crippen LogP contribution in [0.15, 0.2) is 12.3 Å². The summed E-state index contributed by atoms with van der Waals surface area (Å²) >= 11 is 5.45. The van der Waals surface area contributed by atoms with Crippen LogP contribution in [0.25, 0.3) is 0 Å². The second-order valence-electron chi connectivity index (χ2n) is 2.25. The third kappa shape index (κ3) is 2.12. The first-order valence-corrected chi connectivity index (χ1v) is 3.63. The van der Waals surface area contributed by atoms with Crippen molar-refractivity contribution >= 4 is 17.5 Å². The summed E-state index contributed by atoms with van der Waals surface area (Å²) in [4.78, 5) is 14.0. The maximum Gasteiger partial charge on any atom is 0.281 e. The molecule has 0 aromatic carbocycles. The Morgan fingerprint density at radius 3 is 2.69 bits per heavy atom. The highest BCUT2D eigenvalue weighted by Gasteiger charge is 2.18. The molecule has 1 rings (SSSR count). The van der Waals surface area contributed by atoms with Crippen molar-refractivity contribution in [1.82, 2.24) is 4.98 Å². The lowest BCUT2D eigenvalue weighted by Gasteiger charge is -2.03. The number of carbonyl (C=O) groups excluding carboxylic acids is 1. The van der Waals surface area contributed by atoms with Crippen molar-refractivity contribution in [3.8, 4) is 0 Å². The highest BCUT2D eigenvalue weighted by Crippen LogP contribution is 2.22. The second kappa shape index (κ2) is 3.66. The van der Waals surface area contributed by atoms with E-state index in [1.54, 1.807) is 0 Å². The van der Waals surface area contributed by atoms with Crippen LogP contribution in [0.5, 0.6) is 0 Å². The van der Waals surface area contributed by atoms with Crippen LogP contribution in [0.3, 0.4) is 0 Å². The van der Waals surface area contributed by atoms with Crippen LogP contribution in [-0.4, -0.2) is 10.9 Å². The number of halogens is 3. The molecule has 0 spiro atoms. The van der Waals surface area contributed by atoms with Gasteiger partial charge < -0.3 is 5.73 Å². The summed E-state index contributed by atoms with van der Waals surface area (Å²) < 4.78 is 24.4. The van der Waals surface area contributed by atoms with Crippen molar-refractivity contribution in [2.75, 3.05) is 0 Å². The third-order valence-corrected chi connectivity index (χ3v) is 1.56. The van der Waals surface area contributed by atoms with Gasteiger partial charge in [-0.25, -0.2) is 8.78 Å². The smallest absolute Gasteiger partial charge is 0.281 e. The lowest BCUT2D eigenvalue weighted by molar-refractivity contribution is 0.0983. The molecule has 1 aromatic rings. The molecule has 1 heterocycles. The first kappa shape index (κ1) is 9.85. The first-order chi connectivity index (χ1) is 6.02. The lowest BCUT2D eigenvalue weighted by atomic mass is 10.2. The van der Waals surface area contributed by atoms with Crippen LogP contribution in [0.2, 0.25) is 5.02 Å². The number of hydrogen-bond donors (Lipinski definition) is 1. The van der Waals surface area contributed by atoms with E-state index < -0.39 is 18.0 Å². The molecule has 0 saturated carbocycles. The average molecular weight is 207 g/mol. The Hall–Kier alpha value is -1.23. The Morgan fingerprint density at radius 1 is 1.62 bits per heavy atom. The monoisotopic (exact) mass is 206 g/mol. The molecule has 3 nitrogen and oxygen atoms in total. The molecular weight excluding hydrogens is 202 g/mol. The van der Waals surface area contributed by atoms with E-state index in [9.17, 15) is 13.6 Å². The molecule has 0 aliphatic heterocycles. The summed E-state index contributed by atoms with van der Waals surface area (Å²) in [6.07, 6.45) is -1.80. The van der Waals surface area contributed by atoms with Gasteiger partial charge in [0.15, 0.2) is 0 Å². The van der Waals surface area contributed by atoms with Gasteiger partial charge in [-0.1, -0.05) is 11.6 Å². The number of nitrogens with two attached hydrogens (primary N) is 1. The standard InChI is InChI=1S/C7H5ClF2N2O/c8-3-1-4(7(11)13)5(6(9)10)12-2-3/h1-2,6H,(H2,11,13). The number of carbonyl (C=O) groups is 1. The normalized spacial score (nSPS) is 10.5. The molecule has 70 valence electrons. The van der Waals surface area contributed by atoms with Crippen molar-refractivity contribution in [3.63, 3.8) is 0 Å². The zero-order chi connectivity index (χ0) is 10.0. The topological polar surface area (TPSA) is 56.0 Å². The molecule has 0 aliphatic rings. The Labute approximate surface area is 77.5 Å². The molecule has 13 heavy (non-hydrogen) atoms. The van der Waals surface area contributed by atoms with Crippen molar-refractivity contribution in [1.29, 1.82) is 0 Å². The molecule has 0 saturated heterocycles. The van der Waals surface area contributed by atoms with E-state index in [-0.39, 0.29) is 10.6 Å². The van der Waals surface area contributed by atoms with Crippen molar-refractivity contribution in [2.24, 2.45) is 5.73 Å².